The van der Waals surface area contributed by atoms with Gasteiger partial charge in [-0.05, 0) is 25.0 Å². The zero-order valence-electron chi connectivity index (χ0n) is 14.1. The molecule has 1 aliphatic heterocycles. The number of aromatic nitrogens is 1. The van der Waals surface area contributed by atoms with Gasteiger partial charge in [-0.25, -0.2) is 4.98 Å². The first-order chi connectivity index (χ1) is 12.2. The van der Waals surface area contributed by atoms with E-state index in [1.165, 1.54) is 5.69 Å². The van der Waals surface area contributed by atoms with Crippen LogP contribution in [0, 0.1) is 5.92 Å². The summed E-state index contributed by atoms with van der Waals surface area (Å²) in [5.41, 5.74) is 9.75. The number of piperidine rings is 1. The molecule has 25 heavy (non-hydrogen) atoms. The number of anilines is 1. The Morgan fingerprint density at radius 3 is 2.40 bits per heavy atom. The van der Waals surface area contributed by atoms with E-state index in [2.05, 4.69) is 35.2 Å². The molecule has 0 saturated carbocycles. The first kappa shape index (κ1) is 15.6. The van der Waals surface area contributed by atoms with Crippen molar-refractivity contribution in [2.75, 3.05) is 18.0 Å². The summed E-state index contributed by atoms with van der Waals surface area (Å²) in [7, 11) is 0. The fraction of sp³-hybridized carbons (Fsp3) is 0.238. The summed E-state index contributed by atoms with van der Waals surface area (Å²) >= 11 is 0. The van der Waals surface area contributed by atoms with Gasteiger partial charge < -0.3 is 10.6 Å². The van der Waals surface area contributed by atoms with E-state index in [9.17, 15) is 4.79 Å². The molecule has 4 heteroatoms. The molecule has 0 spiro atoms. The average molecular weight is 331 g/mol. The number of nitrogens with two attached hydrogens (primary N) is 1. The maximum atomic E-state index is 11.4. The van der Waals surface area contributed by atoms with Crippen molar-refractivity contribution in [1.29, 1.82) is 0 Å². The molecule has 3 aromatic rings. The van der Waals surface area contributed by atoms with Gasteiger partial charge in [0.25, 0.3) is 0 Å². The number of pyridine rings is 1. The predicted octanol–water partition coefficient (Wildman–Crippen LogP) is 3.60. The summed E-state index contributed by atoms with van der Waals surface area (Å²) in [6, 6.07) is 20.7. The Bertz CT molecular complexity index is 899. The Morgan fingerprint density at radius 2 is 1.68 bits per heavy atom. The van der Waals surface area contributed by atoms with Crippen molar-refractivity contribution in [2.45, 2.75) is 12.8 Å². The third-order valence-electron chi connectivity index (χ3n) is 5.00. The molecule has 0 unspecified atom stereocenters. The fourth-order valence-electron chi connectivity index (χ4n) is 3.58. The molecule has 2 aromatic carbocycles. The van der Waals surface area contributed by atoms with Gasteiger partial charge in [0.05, 0.1) is 11.2 Å². The Balaban J connectivity index is 1.76. The van der Waals surface area contributed by atoms with E-state index in [1.54, 1.807) is 0 Å². The minimum absolute atomic E-state index is 0.00190. The minimum atomic E-state index is -0.177. The number of hydrogen-bond donors (Lipinski definition) is 1. The van der Waals surface area contributed by atoms with E-state index in [0.29, 0.717) is 0 Å². The summed E-state index contributed by atoms with van der Waals surface area (Å²) in [6.45, 7) is 1.69. The van der Waals surface area contributed by atoms with Crippen LogP contribution in [-0.2, 0) is 4.79 Å². The smallest absolute Gasteiger partial charge is 0.220 e. The monoisotopic (exact) mass is 331 g/mol. The summed E-state index contributed by atoms with van der Waals surface area (Å²) < 4.78 is 0. The maximum absolute atomic E-state index is 11.4. The summed E-state index contributed by atoms with van der Waals surface area (Å²) in [4.78, 5) is 18.6. The molecule has 1 aromatic heterocycles. The highest BCUT2D eigenvalue weighted by atomic mass is 16.1. The van der Waals surface area contributed by atoms with Crippen molar-refractivity contribution in [3.63, 3.8) is 0 Å². The lowest BCUT2D eigenvalue weighted by molar-refractivity contribution is -0.122. The van der Waals surface area contributed by atoms with Gasteiger partial charge in [-0.1, -0.05) is 48.5 Å². The number of carbonyl (C=O) groups excluding carboxylic acids is 1. The highest BCUT2D eigenvalue weighted by molar-refractivity contribution is 5.94. The van der Waals surface area contributed by atoms with E-state index in [1.807, 2.05) is 30.3 Å². The van der Waals surface area contributed by atoms with Gasteiger partial charge in [-0.15, -0.1) is 0 Å². The van der Waals surface area contributed by atoms with Gasteiger partial charge in [0, 0.05) is 35.6 Å². The molecular weight excluding hydrogens is 310 g/mol. The van der Waals surface area contributed by atoms with Crippen LogP contribution in [0.4, 0.5) is 5.69 Å². The molecule has 4 rings (SSSR count). The number of nitrogens with zero attached hydrogens (tertiary/aromatic N) is 2. The van der Waals surface area contributed by atoms with E-state index in [-0.39, 0.29) is 11.8 Å². The van der Waals surface area contributed by atoms with Crippen molar-refractivity contribution in [2.24, 2.45) is 11.7 Å². The van der Waals surface area contributed by atoms with Crippen molar-refractivity contribution in [3.05, 3.63) is 60.7 Å². The SMILES string of the molecule is NC(=O)C1CCN(c2cc(-c3ccccc3)nc3ccccc23)CC1. The topological polar surface area (TPSA) is 59.2 Å². The Hall–Kier alpha value is -2.88. The number of para-hydroxylation sites is 1. The normalized spacial score (nSPS) is 15.4. The van der Waals surface area contributed by atoms with Crippen LogP contribution in [0.5, 0.6) is 0 Å². The Kier molecular flexibility index (Phi) is 4.10. The molecule has 0 aliphatic carbocycles. The predicted molar refractivity (Wildman–Crippen MR) is 101 cm³/mol. The number of carbonyl (C=O) groups is 1. The second-order valence-corrected chi connectivity index (χ2v) is 6.57. The van der Waals surface area contributed by atoms with Crippen LogP contribution in [0.1, 0.15) is 12.8 Å². The zero-order valence-corrected chi connectivity index (χ0v) is 14.1. The van der Waals surface area contributed by atoms with Crippen LogP contribution in [0.15, 0.2) is 60.7 Å². The van der Waals surface area contributed by atoms with Gasteiger partial charge in [0.1, 0.15) is 0 Å². The third kappa shape index (κ3) is 3.07. The Labute approximate surface area is 147 Å². The van der Waals surface area contributed by atoms with Gasteiger partial charge in [-0.3, -0.25) is 4.79 Å². The molecule has 1 aliphatic rings. The summed E-state index contributed by atoms with van der Waals surface area (Å²) in [6.07, 6.45) is 1.62. The van der Waals surface area contributed by atoms with E-state index in [4.69, 9.17) is 10.7 Å². The van der Waals surface area contributed by atoms with Crippen molar-refractivity contribution < 1.29 is 4.79 Å². The number of primary amides is 1. The van der Waals surface area contributed by atoms with Gasteiger partial charge in [-0.2, -0.15) is 0 Å². The van der Waals surface area contributed by atoms with Gasteiger partial charge in [0.2, 0.25) is 5.91 Å². The molecule has 2 N–H and O–H groups in total. The lowest BCUT2D eigenvalue weighted by Gasteiger charge is -2.33. The number of benzene rings is 2. The number of amides is 1. The quantitative estimate of drug-likeness (QED) is 0.798. The molecule has 0 bridgehead atoms. The largest absolute Gasteiger partial charge is 0.371 e. The third-order valence-corrected chi connectivity index (χ3v) is 5.00. The van der Waals surface area contributed by atoms with Crippen LogP contribution in [0.25, 0.3) is 22.2 Å². The highest BCUT2D eigenvalue weighted by Crippen LogP contribution is 2.33. The lowest BCUT2D eigenvalue weighted by atomic mass is 9.95. The van der Waals surface area contributed by atoms with Crippen LogP contribution in [-0.4, -0.2) is 24.0 Å². The number of rotatable bonds is 3. The molecule has 0 radical (unpaired) electrons. The molecule has 126 valence electrons. The van der Waals surface area contributed by atoms with Crippen molar-refractivity contribution in [1.82, 2.24) is 4.98 Å². The Morgan fingerprint density at radius 1 is 1.00 bits per heavy atom. The first-order valence-electron chi connectivity index (χ1n) is 8.72. The molecule has 0 atom stereocenters. The van der Waals surface area contributed by atoms with Gasteiger partial charge in [0.15, 0.2) is 0 Å². The first-order valence-corrected chi connectivity index (χ1v) is 8.72. The average Bonchev–Trinajstić information content (AvgIpc) is 2.68. The maximum Gasteiger partial charge on any atom is 0.220 e. The van der Waals surface area contributed by atoms with Crippen molar-refractivity contribution >= 4 is 22.5 Å². The van der Waals surface area contributed by atoms with E-state index < -0.39 is 0 Å². The minimum Gasteiger partial charge on any atom is -0.371 e. The van der Waals surface area contributed by atoms with Crippen LogP contribution in [0.3, 0.4) is 0 Å². The second kappa shape index (κ2) is 6.55. The van der Waals surface area contributed by atoms with Crippen molar-refractivity contribution in [3.8, 4) is 11.3 Å². The second-order valence-electron chi connectivity index (χ2n) is 6.57. The van der Waals surface area contributed by atoms with Crippen LogP contribution >= 0.6 is 0 Å². The van der Waals surface area contributed by atoms with Gasteiger partial charge >= 0.3 is 0 Å². The zero-order chi connectivity index (χ0) is 17.2. The van der Waals surface area contributed by atoms with Crippen LogP contribution in [0.2, 0.25) is 0 Å². The fourth-order valence-corrected chi connectivity index (χ4v) is 3.58. The lowest BCUT2D eigenvalue weighted by Crippen LogP contribution is -2.38. The summed E-state index contributed by atoms with van der Waals surface area (Å²) in [5, 5.41) is 1.15. The molecule has 1 saturated heterocycles. The molecular formula is C21H21N3O. The van der Waals surface area contributed by atoms with Crippen LogP contribution < -0.4 is 10.6 Å². The van der Waals surface area contributed by atoms with E-state index in [0.717, 1.165) is 48.1 Å². The molecule has 2 heterocycles. The molecule has 4 nitrogen and oxygen atoms in total. The highest BCUT2D eigenvalue weighted by Gasteiger charge is 2.24. The van der Waals surface area contributed by atoms with E-state index >= 15 is 0 Å². The summed E-state index contributed by atoms with van der Waals surface area (Å²) in [5.74, 6) is -0.179. The molecule has 1 fully saturated rings. The molecule has 1 amide bonds. The number of fused-ring (bicyclic) bond motifs is 1. The standard InChI is InChI=1S/C21H21N3O/c22-21(25)16-10-12-24(13-11-16)20-14-19(15-6-2-1-3-7-15)23-18-9-5-4-8-17(18)20/h1-9,14,16H,10-13H2,(H2,22,25). The number of hydrogen-bond acceptors (Lipinski definition) is 3.